The summed E-state index contributed by atoms with van der Waals surface area (Å²) in [6, 6.07) is 10.1. The van der Waals surface area contributed by atoms with Crippen LogP contribution in [-0.4, -0.2) is 40.2 Å². The van der Waals surface area contributed by atoms with Crippen LogP contribution in [0.25, 0.3) is 0 Å². The molecule has 0 aliphatic carbocycles. The zero-order valence-corrected chi connectivity index (χ0v) is 15.5. The molecule has 3 rings (SSSR count). The molecule has 0 bridgehead atoms. The Kier molecular flexibility index (Phi) is 6.31. The van der Waals surface area contributed by atoms with Crippen molar-refractivity contribution in [3.8, 4) is 40.6 Å². The summed E-state index contributed by atoms with van der Waals surface area (Å²) in [5, 5.41) is 5.34. The van der Waals surface area contributed by atoms with Crippen molar-refractivity contribution < 1.29 is 28.5 Å². The third-order valence-corrected chi connectivity index (χ3v) is 3.77. The highest BCUT2D eigenvalue weighted by Crippen LogP contribution is 2.35. The van der Waals surface area contributed by atoms with E-state index in [2.05, 4.69) is 22.5 Å². The van der Waals surface area contributed by atoms with Gasteiger partial charge < -0.3 is 34.3 Å². The van der Waals surface area contributed by atoms with E-state index in [1.165, 1.54) is 14.2 Å². The number of para-hydroxylation sites is 1. The van der Waals surface area contributed by atoms with Gasteiger partial charge in [0.05, 0.1) is 26.5 Å². The molecule has 2 amide bonds. The smallest absolute Gasteiger partial charge is 0.320 e. The normalized spacial score (nSPS) is 11.1. The molecule has 1 aliphatic rings. The van der Waals surface area contributed by atoms with E-state index in [1.807, 2.05) is 0 Å². The molecule has 2 N–H and O–H groups in total. The summed E-state index contributed by atoms with van der Waals surface area (Å²) in [6.45, 7) is 0.573. The Bertz CT molecular complexity index is 903. The Morgan fingerprint density at radius 1 is 1.11 bits per heavy atom. The van der Waals surface area contributed by atoms with Crippen molar-refractivity contribution in [1.82, 2.24) is 5.32 Å². The Balaban J connectivity index is 1.43. The van der Waals surface area contributed by atoms with Crippen LogP contribution in [0.1, 0.15) is 0 Å². The van der Waals surface area contributed by atoms with Crippen LogP contribution in [0.3, 0.4) is 0 Å². The van der Waals surface area contributed by atoms with Crippen LogP contribution in [0.2, 0.25) is 0 Å². The summed E-state index contributed by atoms with van der Waals surface area (Å²) in [5.74, 6) is 8.60. The number of urea groups is 1. The maximum Gasteiger partial charge on any atom is 0.320 e. The Labute approximate surface area is 162 Å². The lowest BCUT2D eigenvalue weighted by molar-refractivity contribution is 0.174. The first-order chi connectivity index (χ1) is 13.7. The van der Waals surface area contributed by atoms with Gasteiger partial charge in [0.25, 0.3) is 0 Å². The monoisotopic (exact) mass is 384 g/mol. The van der Waals surface area contributed by atoms with Crippen molar-refractivity contribution in [2.24, 2.45) is 0 Å². The molecule has 0 saturated carbocycles. The molecule has 0 saturated heterocycles. The average Bonchev–Trinajstić information content (AvgIpc) is 3.18. The van der Waals surface area contributed by atoms with Crippen LogP contribution in [-0.2, 0) is 0 Å². The number of ether oxygens (including phenoxy) is 5. The molecular formula is C20H20N2O6. The lowest BCUT2D eigenvalue weighted by Gasteiger charge is -2.13. The van der Waals surface area contributed by atoms with Crippen molar-refractivity contribution >= 4 is 11.7 Å². The molecule has 0 radical (unpaired) electrons. The maximum atomic E-state index is 12.0. The number of fused-ring (bicyclic) bond motifs is 1. The highest BCUT2D eigenvalue weighted by Gasteiger charge is 2.13. The Morgan fingerprint density at radius 3 is 2.79 bits per heavy atom. The van der Waals surface area contributed by atoms with E-state index in [0.29, 0.717) is 34.4 Å². The van der Waals surface area contributed by atoms with E-state index in [-0.39, 0.29) is 19.9 Å². The Hall–Kier alpha value is -3.73. The predicted octanol–water partition coefficient (Wildman–Crippen LogP) is 2.64. The molecule has 0 aromatic heterocycles. The fraction of sp³-hybridized carbons (Fsp3) is 0.250. The van der Waals surface area contributed by atoms with Gasteiger partial charge in [-0.05, 0) is 24.3 Å². The second kappa shape index (κ2) is 9.28. The van der Waals surface area contributed by atoms with E-state index in [4.69, 9.17) is 23.7 Å². The molecule has 0 unspecified atom stereocenters. The SMILES string of the molecule is COc1cccc(NC(=O)NCC#CCOc2ccc3c(c2)OCO3)c1OC. The molecule has 2 aromatic rings. The van der Waals surface area contributed by atoms with Gasteiger partial charge in [0.2, 0.25) is 6.79 Å². The first-order valence-corrected chi connectivity index (χ1v) is 8.45. The summed E-state index contributed by atoms with van der Waals surface area (Å²) in [7, 11) is 3.04. The van der Waals surface area contributed by atoms with E-state index in [0.717, 1.165) is 0 Å². The van der Waals surface area contributed by atoms with Gasteiger partial charge >= 0.3 is 6.03 Å². The van der Waals surface area contributed by atoms with Gasteiger partial charge in [-0.3, -0.25) is 0 Å². The minimum absolute atomic E-state index is 0.169. The van der Waals surface area contributed by atoms with Crippen LogP contribution in [0.5, 0.6) is 28.7 Å². The van der Waals surface area contributed by atoms with Crippen molar-refractivity contribution in [2.45, 2.75) is 0 Å². The van der Waals surface area contributed by atoms with E-state index >= 15 is 0 Å². The summed E-state index contributed by atoms with van der Waals surface area (Å²) >= 11 is 0. The number of methoxy groups -OCH3 is 2. The standard InChI is InChI=1S/C20H20N2O6/c1-24-17-7-5-6-15(19(17)25-2)22-20(23)21-10-3-4-11-26-14-8-9-16-18(12-14)28-13-27-16/h5-9,12H,10-11,13H2,1-2H3,(H2,21,22,23). The quantitative estimate of drug-likeness (QED) is 0.745. The second-order valence-electron chi connectivity index (χ2n) is 5.51. The molecular weight excluding hydrogens is 364 g/mol. The number of hydrogen-bond acceptors (Lipinski definition) is 6. The molecule has 2 aromatic carbocycles. The Morgan fingerprint density at radius 2 is 1.96 bits per heavy atom. The van der Waals surface area contributed by atoms with Crippen LogP contribution in [0.15, 0.2) is 36.4 Å². The second-order valence-corrected chi connectivity index (χ2v) is 5.51. The summed E-state index contributed by atoms with van der Waals surface area (Å²) in [6.07, 6.45) is 0. The molecule has 8 nitrogen and oxygen atoms in total. The molecule has 8 heteroatoms. The number of carbonyl (C=O) groups is 1. The van der Waals surface area contributed by atoms with Crippen molar-refractivity contribution in [1.29, 1.82) is 0 Å². The number of amides is 2. The van der Waals surface area contributed by atoms with Gasteiger partial charge in [-0.25, -0.2) is 4.79 Å². The number of carbonyl (C=O) groups excluding carboxylic acids is 1. The highest BCUT2D eigenvalue weighted by atomic mass is 16.7. The fourth-order valence-electron chi connectivity index (χ4n) is 2.48. The molecule has 1 heterocycles. The van der Waals surface area contributed by atoms with E-state index < -0.39 is 6.03 Å². The van der Waals surface area contributed by atoms with Gasteiger partial charge in [-0.1, -0.05) is 17.9 Å². The topological polar surface area (TPSA) is 87.3 Å². The van der Waals surface area contributed by atoms with Gasteiger partial charge in [-0.2, -0.15) is 0 Å². The molecule has 146 valence electrons. The molecule has 28 heavy (non-hydrogen) atoms. The van der Waals surface area contributed by atoms with Crippen LogP contribution < -0.4 is 34.3 Å². The van der Waals surface area contributed by atoms with E-state index in [9.17, 15) is 4.79 Å². The van der Waals surface area contributed by atoms with Crippen molar-refractivity contribution in [3.05, 3.63) is 36.4 Å². The third kappa shape index (κ3) is 4.71. The van der Waals surface area contributed by atoms with Crippen LogP contribution in [0.4, 0.5) is 10.5 Å². The zero-order valence-electron chi connectivity index (χ0n) is 15.5. The minimum Gasteiger partial charge on any atom is -0.493 e. The van der Waals surface area contributed by atoms with Gasteiger partial charge in [0.1, 0.15) is 12.4 Å². The molecule has 1 aliphatic heterocycles. The summed E-state index contributed by atoms with van der Waals surface area (Å²) in [5.41, 5.74) is 0.499. The third-order valence-electron chi connectivity index (χ3n) is 3.77. The minimum atomic E-state index is -0.405. The number of nitrogens with one attached hydrogen (secondary N) is 2. The lowest BCUT2D eigenvalue weighted by atomic mass is 10.2. The molecule has 0 fully saturated rings. The lowest BCUT2D eigenvalue weighted by Crippen LogP contribution is -2.29. The fourth-order valence-corrected chi connectivity index (χ4v) is 2.48. The van der Waals surface area contributed by atoms with Gasteiger partial charge in [0.15, 0.2) is 23.0 Å². The van der Waals surface area contributed by atoms with Gasteiger partial charge in [-0.15, -0.1) is 0 Å². The first-order valence-electron chi connectivity index (χ1n) is 8.45. The maximum absolute atomic E-state index is 12.0. The van der Waals surface area contributed by atoms with Crippen LogP contribution >= 0.6 is 0 Å². The predicted molar refractivity (Wildman–Crippen MR) is 102 cm³/mol. The molecule has 0 spiro atoms. The zero-order chi connectivity index (χ0) is 19.8. The highest BCUT2D eigenvalue weighted by molar-refractivity contribution is 5.91. The summed E-state index contributed by atoms with van der Waals surface area (Å²) < 4.78 is 26.5. The first kappa shape index (κ1) is 19.0. The number of rotatable bonds is 6. The summed E-state index contributed by atoms with van der Waals surface area (Å²) in [4.78, 5) is 12.0. The van der Waals surface area contributed by atoms with E-state index in [1.54, 1.807) is 36.4 Å². The largest absolute Gasteiger partial charge is 0.493 e. The van der Waals surface area contributed by atoms with Gasteiger partial charge in [0, 0.05) is 6.07 Å². The van der Waals surface area contributed by atoms with Crippen molar-refractivity contribution in [2.75, 3.05) is 39.5 Å². The van der Waals surface area contributed by atoms with Crippen molar-refractivity contribution in [3.63, 3.8) is 0 Å². The number of anilines is 1. The molecule has 0 atom stereocenters. The number of hydrogen-bond donors (Lipinski definition) is 2. The van der Waals surface area contributed by atoms with Crippen LogP contribution in [0, 0.1) is 11.8 Å². The average molecular weight is 384 g/mol. The number of benzene rings is 2.